The number of nitrogens with one attached hydrogen (secondary N) is 1. The van der Waals surface area contributed by atoms with Gasteiger partial charge in [0, 0.05) is 37.8 Å². The van der Waals surface area contributed by atoms with Crippen molar-refractivity contribution >= 4 is 11.6 Å². The van der Waals surface area contributed by atoms with Crippen LogP contribution in [0.3, 0.4) is 0 Å². The molecular formula is C14H25ClN4. The van der Waals surface area contributed by atoms with Gasteiger partial charge in [-0.3, -0.25) is 9.58 Å². The smallest absolute Gasteiger partial charge is 0.0860 e. The summed E-state index contributed by atoms with van der Waals surface area (Å²) in [7, 11) is 1.97. The topological polar surface area (TPSA) is 33.1 Å². The summed E-state index contributed by atoms with van der Waals surface area (Å²) in [6.45, 7) is 13.8. The maximum Gasteiger partial charge on any atom is 0.0860 e. The second kappa shape index (κ2) is 4.76. The van der Waals surface area contributed by atoms with Crippen molar-refractivity contribution in [3.63, 3.8) is 0 Å². The first kappa shape index (κ1) is 14.8. The monoisotopic (exact) mass is 284 g/mol. The number of hydrogen-bond donors (Lipinski definition) is 1. The summed E-state index contributed by atoms with van der Waals surface area (Å²) < 4.78 is 1.91. The van der Waals surface area contributed by atoms with E-state index in [4.69, 9.17) is 11.6 Å². The van der Waals surface area contributed by atoms with Gasteiger partial charge in [-0.1, -0.05) is 11.6 Å². The number of nitrogens with zero attached hydrogens (tertiary/aromatic N) is 3. The van der Waals surface area contributed by atoms with E-state index in [2.05, 4.69) is 43.0 Å². The Morgan fingerprint density at radius 1 is 1.32 bits per heavy atom. The highest BCUT2D eigenvalue weighted by Gasteiger charge is 2.38. The van der Waals surface area contributed by atoms with E-state index in [1.807, 2.05) is 18.7 Å². The van der Waals surface area contributed by atoms with E-state index in [1.54, 1.807) is 0 Å². The Labute approximate surface area is 121 Å². The maximum absolute atomic E-state index is 6.37. The molecule has 2 rings (SSSR count). The molecule has 0 aromatic carbocycles. The zero-order valence-electron chi connectivity index (χ0n) is 12.8. The van der Waals surface area contributed by atoms with Crippen LogP contribution in [0.2, 0.25) is 5.02 Å². The lowest BCUT2D eigenvalue weighted by atomic mass is 9.91. The molecule has 0 saturated carbocycles. The fourth-order valence-corrected chi connectivity index (χ4v) is 2.84. The second-order valence-electron chi connectivity index (χ2n) is 6.88. The van der Waals surface area contributed by atoms with Gasteiger partial charge >= 0.3 is 0 Å². The normalized spacial score (nSPS) is 22.7. The zero-order valence-corrected chi connectivity index (χ0v) is 13.6. The molecule has 0 bridgehead atoms. The molecule has 1 aromatic heterocycles. The van der Waals surface area contributed by atoms with Crippen LogP contribution < -0.4 is 5.32 Å². The molecule has 0 atom stereocenters. The Hall–Kier alpha value is -0.580. The van der Waals surface area contributed by atoms with Gasteiger partial charge in [-0.2, -0.15) is 5.10 Å². The van der Waals surface area contributed by atoms with E-state index < -0.39 is 0 Å². The molecule has 1 aliphatic heterocycles. The molecule has 0 spiro atoms. The molecule has 0 unspecified atom stereocenters. The first-order chi connectivity index (χ1) is 8.62. The Morgan fingerprint density at radius 3 is 2.47 bits per heavy atom. The summed E-state index contributed by atoms with van der Waals surface area (Å²) in [6.07, 6.45) is 0. The van der Waals surface area contributed by atoms with Crippen molar-refractivity contribution in [2.24, 2.45) is 7.05 Å². The van der Waals surface area contributed by atoms with Gasteiger partial charge in [0.05, 0.1) is 16.4 Å². The molecule has 1 N–H and O–H groups in total. The van der Waals surface area contributed by atoms with Gasteiger partial charge in [0.25, 0.3) is 0 Å². The molecule has 1 aromatic rings. The highest BCUT2D eigenvalue weighted by Crippen LogP contribution is 2.28. The summed E-state index contributed by atoms with van der Waals surface area (Å²) >= 11 is 6.37. The van der Waals surface area contributed by atoms with Gasteiger partial charge in [0.1, 0.15) is 0 Å². The number of aromatic nitrogens is 2. The molecular weight excluding hydrogens is 260 g/mol. The van der Waals surface area contributed by atoms with E-state index in [1.165, 1.54) is 0 Å². The third-order valence-corrected chi connectivity index (χ3v) is 4.54. The Kier molecular flexibility index (Phi) is 3.71. The quantitative estimate of drug-likeness (QED) is 0.905. The van der Waals surface area contributed by atoms with E-state index >= 15 is 0 Å². The largest absolute Gasteiger partial charge is 0.309 e. The van der Waals surface area contributed by atoms with E-state index in [-0.39, 0.29) is 11.1 Å². The average Bonchev–Trinajstić information content (AvgIpc) is 2.51. The molecule has 1 fully saturated rings. The predicted molar refractivity (Wildman–Crippen MR) is 79.5 cm³/mol. The molecule has 108 valence electrons. The van der Waals surface area contributed by atoms with E-state index in [0.29, 0.717) is 0 Å². The van der Waals surface area contributed by atoms with Gasteiger partial charge in [0.15, 0.2) is 0 Å². The van der Waals surface area contributed by atoms with Crippen molar-refractivity contribution < 1.29 is 0 Å². The van der Waals surface area contributed by atoms with Crippen LogP contribution in [0.1, 0.15) is 39.1 Å². The van der Waals surface area contributed by atoms with Crippen LogP contribution in [-0.2, 0) is 13.6 Å². The van der Waals surface area contributed by atoms with Crippen molar-refractivity contribution in [2.75, 3.05) is 13.1 Å². The molecule has 0 aliphatic carbocycles. The van der Waals surface area contributed by atoms with Crippen molar-refractivity contribution in [1.29, 1.82) is 0 Å². The highest BCUT2D eigenvalue weighted by molar-refractivity contribution is 6.31. The fraction of sp³-hybridized carbons (Fsp3) is 0.786. The molecule has 5 heteroatoms. The first-order valence-corrected chi connectivity index (χ1v) is 7.18. The van der Waals surface area contributed by atoms with Crippen LogP contribution in [0.15, 0.2) is 0 Å². The minimum absolute atomic E-state index is 0.122. The molecule has 19 heavy (non-hydrogen) atoms. The van der Waals surface area contributed by atoms with E-state index in [9.17, 15) is 0 Å². The Bertz CT molecular complexity index is 476. The summed E-state index contributed by atoms with van der Waals surface area (Å²) in [5.74, 6) is 0. The predicted octanol–water partition coefficient (Wildman–Crippen LogP) is 2.34. The molecule has 1 saturated heterocycles. The number of hydrogen-bond acceptors (Lipinski definition) is 3. The Balaban J connectivity index is 2.25. The van der Waals surface area contributed by atoms with Crippen LogP contribution in [-0.4, -0.2) is 38.8 Å². The van der Waals surface area contributed by atoms with Crippen LogP contribution in [0.5, 0.6) is 0 Å². The molecule has 0 radical (unpaired) electrons. The van der Waals surface area contributed by atoms with Gasteiger partial charge in [-0.25, -0.2) is 0 Å². The SMILES string of the molecule is Cc1nn(C)c(CN2CC(C)(C)NCC2(C)C)c1Cl. The van der Waals surface area contributed by atoms with Crippen molar-refractivity contribution in [1.82, 2.24) is 20.0 Å². The number of halogens is 1. The Morgan fingerprint density at radius 2 is 1.95 bits per heavy atom. The molecule has 4 nitrogen and oxygen atoms in total. The zero-order chi connectivity index (χ0) is 14.4. The van der Waals surface area contributed by atoms with Gasteiger partial charge in [-0.05, 0) is 34.6 Å². The average molecular weight is 285 g/mol. The third kappa shape index (κ3) is 2.96. The standard InChI is InChI=1S/C14H25ClN4/c1-10-12(15)11(18(6)17-10)7-19-9-13(2,3)16-8-14(19,4)5/h16H,7-9H2,1-6H3. The summed E-state index contributed by atoms with van der Waals surface area (Å²) in [5.41, 5.74) is 2.27. The second-order valence-corrected chi connectivity index (χ2v) is 7.25. The van der Waals surface area contributed by atoms with Gasteiger partial charge < -0.3 is 5.32 Å². The number of rotatable bonds is 2. The minimum Gasteiger partial charge on any atom is -0.309 e. The number of piperazine rings is 1. The van der Waals surface area contributed by atoms with E-state index in [0.717, 1.165) is 36.0 Å². The van der Waals surface area contributed by atoms with Crippen molar-refractivity contribution in [3.05, 3.63) is 16.4 Å². The number of aryl methyl sites for hydroxylation is 2. The summed E-state index contributed by atoms with van der Waals surface area (Å²) in [4.78, 5) is 2.49. The van der Waals surface area contributed by atoms with Crippen molar-refractivity contribution in [2.45, 2.75) is 52.2 Å². The van der Waals surface area contributed by atoms with Gasteiger partial charge in [0.2, 0.25) is 0 Å². The van der Waals surface area contributed by atoms with Crippen LogP contribution in [0.25, 0.3) is 0 Å². The summed E-state index contributed by atoms with van der Waals surface area (Å²) in [6, 6.07) is 0. The third-order valence-electron chi connectivity index (χ3n) is 4.04. The van der Waals surface area contributed by atoms with Gasteiger partial charge in [-0.15, -0.1) is 0 Å². The minimum atomic E-state index is 0.122. The van der Waals surface area contributed by atoms with Crippen LogP contribution in [0.4, 0.5) is 0 Å². The lowest BCUT2D eigenvalue weighted by Crippen LogP contribution is -2.65. The lowest BCUT2D eigenvalue weighted by Gasteiger charge is -2.49. The van der Waals surface area contributed by atoms with Crippen molar-refractivity contribution in [3.8, 4) is 0 Å². The highest BCUT2D eigenvalue weighted by atomic mass is 35.5. The molecule has 0 amide bonds. The van der Waals surface area contributed by atoms with Crippen LogP contribution >= 0.6 is 11.6 Å². The fourth-order valence-electron chi connectivity index (χ4n) is 2.62. The molecule has 2 heterocycles. The first-order valence-electron chi connectivity index (χ1n) is 6.80. The summed E-state index contributed by atoms with van der Waals surface area (Å²) in [5, 5.41) is 8.80. The maximum atomic E-state index is 6.37. The van der Waals surface area contributed by atoms with Crippen LogP contribution in [0, 0.1) is 6.92 Å². The lowest BCUT2D eigenvalue weighted by molar-refractivity contribution is 0.0305. The molecule has 1 aliphatic rings.